The molecule has 0 atom stereocenters. The molecule has 3 aromatic rings. The lowest BCUT2D eigenvalue weighted by Gasteiger charge is -2.13. The van der Waals surface area contributed by atoms with Crippen molar-refractivity contribution in [1.29, 1.82) is 0 Å². The zero-order valence-electron chi connectivity index (χ0n) is 16.1. The van der Waals surface area contributed by atoms with E-state index in [1.165, 1.54) is 26.2 Å². The van der Waals surface area contributed by atoms with Gasteiger partial charge in [-0.2, -0.15) is 0 Å². The minimum Gasteiger partial charge on any atom is -0.444 e. The molecule has 0 bridgehead atoms. The maximum Gasteiger partial charge on any atom is 0.319 e. The van der Waals surface area contributed by atoms with Crippen molar-refractivity contribution in [3.8, 4) is 11.5 Å². The van der Waals surface area contributed by atoms with Gasteiger partial charge in [0.1, 0.15) is 6.26 Å². The fourth-order valence-corrected chi connectivity index (χ4v) is 3.51. The van der Waals surface area contributed by atoms with Gasteiger partial charge in [0, 0.05) is 38.3 Å². The van der Waals surface area contributed by atoms with E-state index in [0.29, 0.717) is 24.5 Å². The van der Waals surface area contributed by atoms with E-state index in [9.17, 15) is 13.2 Å². The van der Waals surface area contributed by atoms with Crippen LogP contribution < -0.4 is 10.6 Å². The number of benzene rings is 2. The van der Waals surface area contributed by atoms with E-state index in [1.807, 2.05) is 30.3 Å². The third-order valence-electron chi connectivity index (χ3n) is 4.11. The Labute approximate surface area is 169 Å². The average molecular weight is 414 g/mol. The number of sulfonamides is 1. The maximum absolute atomic E-state index is 12.2. The van der Waals surface area contributed by atoms with Gasteiger partial charge in [-0.3, -0.25) is 0 Å². The van der Waals surface area contributed by atoms with E-state index in [0.717, 1.165) is 15.6 Å². The molecule has 0 spiro atoms. The summed E-state index contributed by atoms with van der Waals surface area (Å²) in [5.74, 6) is 0.531. The Morgan fingerprint density at radius 1 is 1.10 bits per heavy atom. The summed E-state index contributed by atoms with van der Waals surface area (Å²) in [7, 11) is -0.659. The van der Waals surface area contributed by atoms with Crippen molar-refractivity contribution in [2.45, 2.75) is 11.3 Å². The molecule has 9 heteroatoms. The molecular weight excluding hydrogens is 392 g/mol. The summed E-state index contributed by atoms with van der Waals surface area (Å²) in [6.45, 7) is 0.349. The van der Waals surface area contributed by atoms with Crippen LogP contribution in [0, 0.1) is 0 Å². The number of hydrogen-bond acceptors (Lipinski definition) is 5. The SMILES string of the molecule is CN(C)S(=O)(=O)c1cccc(NC(=O)NCCc2coc(-c3ccccc3)n2)c1. The molecule has 0 aliphatic rings. The van der Waals surface area contributed by atoms with Gasteiger partial charge >= 0.3 is 6.03 Å². The van der Waals surface area contributed by atoms with Crippen LogP contribution in [0.5, 0.6) is 0 Å². The lowest BCUT2D eigenvalue weighted by atomic mass is 10.2. The summed E-state index contributed by atoms with van der Waals surface area (Å²) in [5.41, 5.74) is 2.00. The average Bonchev–Trinajstić information content (AvgIpc) is 3.17. The summed E-state index contributed by atoms with van der Waals surface area (Å²) < 4.78 is 31.0. The molecule has 0 aliphatic carbocycles. The van der Waals surface area contributed by atoms with E-state index in [1.54, 1.807) is 18.4 Å². The molecule has 1 heterocycles. The van der Waals surface area contributed by atoms with Gasteiger partial charge in [-0.15, -0.1) is 0 Å². The first-order chi connectivity index (χ1) is 13.9. The fraction of sp³-hybridized carbons (Fsp3) is 0.200. The highest BCUT2D eigenvalue weighted by atomic mass is 32.2. The van der Waals surface area contributed by atoms with Crippen molar-refractivity contribution in [2.75, 3.05) is 26.0 Å². The molecule has 3 rings (SSSR count). The first kappa shape index (κ1) is 20.6. The number of anilines is 1. The molecule has 2 amide bonds. The van der Waals surface area contributed by atoms with Crippen molar-refractivity contribution in [2.24, 2.45) is 0 Å². The molecule has 0 fully saturated rings. The molecule has 1 aromatic heterocycles. The lowest BCUT2D eigenvalue weighted by Crippen LogP contribution is -2.30. The van der Waals surface area contributed by atoms with E-state index < -0.39 is 16.1 Å². The number of amides is 2. The first-order valence-electron chi connectivity index (χ1n) is 8.93. The van der Waals surface area contributed by atoms with Gasteiger partial charge < -0.3 is 15.1 Å². The molecule has 152 valence electrons. The number of aromatic nitrogens is 1. The van der Waals surface area contributed by atoms with Crippen molar-refractivity contribution in [3.05, 3.63) is 66.6 Å². The fourth-order valence-electron chi connectivity index (χ4n) is 2.56. The van der Waals surface area contributed by atoms with Crippen LogP contribution in [0.1, 0.15) is 5.69 Å². The topological polar surface area (TPSA) is 105 Å². The van der Waals surface area contributed by atoms with E-state index >= 15 is 0 Å². The molecule has 0 radical (unpaired) electrons. The van der Waals surface area contributed by atoms with Gasteiger partial charge in [0.05, 0.1) is 10.6 Å². The highest BCUT2D eigenvalue weighted by Crippen LogP contribution is 2.19. The Morgan fingerprint density at radius 2 is 1.86 bits per heavy atom. The predicted molar refractivity (Wildman–Crippen MR) is 110 cm³/mol. The second-order valence-electron chi connectivity index (χ2n) is 6.46. The zero-order valence-corrected chi connectivity index (χ0v) is 16.9. The molecule has 0 aliphatic heterocycles. The van der Waals surface area contributed by atoms with E-state index in [-0.39, 0.29) is 4.90 Å². The Morgan fingerprint density at radius 3 is 2.59 bits per heavy atom. The van der Waals surface area contributed by atoms with Crippen molar-refractivity contribution < 1.29 is 17.6 Å². The number of carbonyl (C=O) groups is 1. The maximum atomic E-state index is 12.2. The van der Waals surface area contributed by atoms with Gasteiger partial charge in [0.15, 0.2) is 0 Å². The van der Waals surface area contributed by atoms with Gasteiger partial charge in [0.2, 0.25) is 15.9 Å². The molecule has 0 unspecified atom stereocenters. The third-order valence-corrected chi connectivity index (χ3v) is 5.92. The van der Waals surface area contributed by atoms with Gasteiger partial charge in [-0.1, -0.05) is 24.3 Å². The normalized spacial score (nSPS) is 11.4. The third kappa shape index (κ3) is 5.21. The summed E-state index contributed by atoms with van der Waals surface area (Å²) in [5, 5.41) is 5.35. The Hall–Kier alpha value is -3.17. The minimum absolute atomic E-state index is 0.108. The summed E-state index contributed by atoms with van der Waals surface area (Å²) >= 11 is 0. The molecule has 0 saturated carbocycles. The number of carbonyl (C=O) groups excluding carboxylic acids is 1. The molecule has 0 saturated heterocycles. The zero-order chi connectivity index (χ0) is 20.9. The molecule has 29 heavy (non-hydrogen) atoms. The second kappa shape index (κ2) is 8.89. The lowest BCUT2D eigenvalue weighted by molar-refractivity contribution is 0.252. The van der Waals surface area contributed by atoms with Crippen LogP contribution in [0.3, 0.4) is 0 Å². The van der Waals surface area contributed by atoms with Crippen molar-refractivity contribution in [1.82, 2.24) is 14.6 Å². The van der Waals surface area contributed by atoms with Crippen LogP contribution in [0.25, 0.3) is 11.5 Å². The van der Waals surface area contributed by atoms with Crippen molar-refractivity contribution in [3.63, 3.8) is 0 Å². The number of nitrogens with zero attached hydrogens (tertiary/aromatic N) is 2. The number of hydrogen-bond donors (Lipinski definition) is 2. The Kier molecular flexibility index (Phi) is 6.30. The van der Waals surface area contributed by atoms with Crippen LogP contribution in [0.2, 0.25) is 0 Å². The van der Waals surface area contributed by atoms with Gasteiger partial charge in [0.25, 0.3) is 0 Å². The highest BCUT2D eigenvalue weighted by Gasteiger charge is 2.17. The minimum atomic E-state index is -3.57. The predicted octanol–water partition coefficient (Wildman–Crippen LogP) is 2.96. The number of urea groups is 1. The second-order valence-corrected chi connectivity index (χ2v) is 8.61. The molecular formula is C20H22N4O4S. The smallest absolute Gasteiger partial charge is 0.319 e. The Bertz CT molecular complexity index is 1080. The van der Waals surface area contributed by atoms with Crippen LogP contribution in [0.15, 0.2) is 70.2 Å². The summed E-state index contributed by atoms with van der Waals surface area (Å²) in [4.78, 5) is 16.6. The first-order valence-corrected chi connectivity index (χ1v) is 10.4. The monoisotopic (exact) mass is 414 g/mol. The molecule has 8 nitrogen and oxygen atoms in total. The summed E-state index contributed by atoms with van der Waals surface area (Å²) in [6.07, 6.45) is 2.07. The highest BCUT2D eigenvalue weighted by molar-refractivity contribution is 7.89. The van der Waals surface area contributed by atoms with Crippen molar-refractivity contribution >= 4 is 21.7 Å². The van der Waals surface area contributed by atoms with E-state index in [2.05, 4.69) is 15.6 Å². The number of nitrogens with one attached hydrogen (secondary N) is 2. The number of rotatable bonds is 7. The summed E-state index contributed by atoms with van der Waals surface area (Å²) in [6, 6.07) is 15.2. The van der Waals surface area contributed by atoms with Crippen LogP contribution in [0.4, 0.5) is 10.5 Å². The molecule has 2 N–H and O–H groups in total. The van der Waals surface area contributed by atoms with Gasteiger partial charge in [-0.05, 0) is 30.3 Å². The van der Waals surface area contributed by atoms with E-state index in [4.69, 9.17) is 4.42 Å². The molecule has 2 aromatic carbocycles. The van der Waals surface area contributed by atoms with Crippen LogP contribution in [-0.2, 0) is 16.4 Å². The largest absolute Gasteiger partial charge is 0.444 e. The standard InChI is InChI=1S/C20H22N4O4S/c1-24(2)29(26,27)18-10-6-9-16(13-18)23-20(25)21-12-11-17-14-28-19(22-17)15-7-4-3-5-8-15/h3-10,13-14H,11-12H2,1-2H3,(H2,21,23,25). The Balaban J connectivity index is 1.53. The van der Waals surface area contributed by atoms with Crippen LogP contribution >= 0.6 is 0 Å². The quantitative estimate of drug-likeness (QED) is 0.618. The number of oxazole rings is 1. The van der Waals surface area contributed by atoms with Crippen LogP contribution in [-0.4, -0.2) is 44.4 Å². The van der Waals surface area contributed by atoms with Gasteiger partial charge in [-0.25, -0.2) is 22.5 Å².